The van der Waals surface area contributed by atoms with Crippen molar-refractivity contribution in [3.05, 3.63) is 34.4 Å². The summed E-state index contributed by atoms with van der Waals surface area (Å²) in [6.07, 6.45) is 2.13. The number of nitrogens with zero attached hydrogens (tertiary/aromatic N) is 1. The second-order valence-corrected chi connectivity index (χ2v) is 6.44. The van der Waals surface area contributed by atoms with Gasteiger partial charge in [0.15, 0.2) is 0 Å². The highest BCUT2D eigenvalue weighted by Crippen LogP contribution is 2.46. The Bertz CT molecular complexity index is 595. The number of likely N-dealkylation sites (tertiary alicyclic amines) is 1. The normalized spacial score (nSPS) is 25.5. The van der Waals surface area contributed by atoms with Gasteiger partial charge < -0.3 is 10.0 Å². The SMILES string of the molecule is Cc1cc(C)c(C2C(C(=O)O)CC(=O)N2C2CC2)c(C)c1. The van der Waals surface area contributed by atoms with Crippen LogP contribution in [0.2, 0.25) is 0 Å². The Labute approximate surface area is 124 Å². The van der Waals surface area contributed by atoms with Crippen LogP contribution in [0, 0.1) is 26.7 Å². The van der Waals surface area contributed by atoms with Crippen molar-refractivity contribution >= 4 is 11.9 Å². The summed E-state index contributed by atoms with van der Waals surface area (Å²) in [7, 11) is 0. The zero-order valence-corrected chi connectivity index (χ0v) is 12.7. The Morgan fingerprint density at radius 3 is 2.24 bits per heavy atom. The minimum absolute atomic E-state index is 0.00530. The molecule has 0 bridgehead atoms. The van der Waals surface area contributed by atoms with E-state index in [1.807, 2.05) is 25.7 Å². The van der Waals surface area contributed by atoms with E-state index >= 15 is 0 Å². The Morgan fingerprint density at radius 1 is 1.19 bits per heavy atom. The number of amides is 1. The van der Waals surface area contributed by atoms with E-state index in [4.69, 9.17) is 0 Å². The molecule has 21 heavy (non-hydrogen) atoms. The summed E-state index contributed by atoms with van der Waals surface area (Å²) in [5, 5.41) is 9.54. The molecule has 1 aromatic rings. The molecule has 2 unspecified atom stereocenters. The first-order chi connectivity index (χ1) is 9.90. The van der Waals surface area contributed by atoms with Gasteiger partial charge in [-0.3, -0.25) is 9.59 Å². The summed E-state index contributed by atoms with van der Waals surface area (Å²) >= 11 is 0. The van der Waals surface area contributed by atoms with E-state index in [0.717, 1.165) is 29.5 Å². The van der Waals surface area contributed by atoms with E-state index < -0.39 is 11.9 Å². The number of carboxylic acids is 1. The van der Waals surface area contributed by atoms with Crippen LogP contribution in [0.25, 0.3) is 0 Å². The van der Waals surface area contributed by atoms with Crippen LogP contribution in [0.1, 0.15) is 47.6 Å². The number of aryl methyl sites for hydroxylation is 3. The van der Waals surface area contributed by atoms with Crippen molar-refractivity contribution in [2.75, 3.05) is 0 Å². The van der Waals surface area contributed by atoms with Gasteiger partial charge in [0.2, 0.25) is 5.91 Å². The van der Waals surface area contributed by atoms with Crippen molar-refractivity contribution < 1.29 is 14.7 Å². The third-order valence-corrected chi connectivity index (χ3v) is 4.65. The van der Waals surface area contributed by atoms with Gasteiger partial charge in [-0.25, -0.2) is 0 Å². The van der Waals surface area contributed by atoms with Gasteiger partial charge in [-0.2, -0.15) is 0 Å². The van der Waals surface area contributed by atoms with Gasteiger partial charge in [0.25, 0.3) is 0 Å². The molecule has 2 fully saturated rings. The highest BCUT2D eigenvalue weighted by Gasteiger charge is 2.50. The first-order valence-electron chi connectivity index (χ1n) is 7.52. The van der Waals surface area contributed by atoms with E-state index in [1.54, 1.807) is 0 Å². The summed E-state index contributed by atoms with van der Waals surface area (Å²) in [6.45, 7) is 6.07. The van der Waals surface area contributed by atoms with Crippen LogP contribution in [0.5, 0.6) is 0 Å². The predicted molar refractivity (Wildman–Crippen MR) is 79.0 cm³/mol. The molecule has 4 nitrogen and oxygen atoms in total. The number of aliphatic carboxylic acids is 1. The summed E-state index contributed by atoms with van der Waals surface area (Å²) in [5.41, 5.74) is 4.38. The van der Waals surface area contributed by atoms with E-state index in [2.05, 4.69) is 12.1 Å². The molecule has 3 rings (SSSR count). The predicted octanol–water partition coefficient (Wildman–Crippen LogP) is 2.75. The number of hydrogen-bond acceptors (Lipinski definition) is 2. The van der Waals surface area contributed by atoms with Gasteiger partial charge in [0, 0.05) is 12.5 Å². The summed E-state index contributed by atoms with van der Waals surface area (Å²) in [6, 6.07) is 4.10. The Morgan fingerprint density at radius 2 is 1.76 bits per heavy atom. The molecule has 112 valence electrons. The van der Waals surface area contributed by atoms with Crippen LogP contribution in [-0.2, 0) is 9.59 Å². The number of benzene rings is 1. The van der Waals surface area contributed by atoms with Gasteiger partial charge in [0.05, 0.1) is 12.0 Å². The molecule has 1 aromatic carbocycles. The average Bonchev–Trinajstić information content (AvgIpc) is 3.13. The Hall–Kier alpha value is -1.84. The topological polar surface area (TPSA) is 57.6 Å². The Kier molecular flexibility index (Phi) is 3.27. The maximum absolute atomic E-state index is 12.3. The number of carboxylic acid groups (broad SMARTS) is 1. The van der Waals surface area contributed by atoms with Crippen molar-refractivity contribution in [1.82, 2.24) is 4.90 Å². The minimum Gasteiger partial charge on any atom is -0.481 e. The standard InChI is InChI=1S/C17H21NO3/c1-9-6-10(2)15(11(3)7-9)16-13(17(20)21)8-14(19)18(16)12-4-5-12/h6-7,12-13,16H,4-5,8H2,1-3H3,(H,20,21). The van der Waals surface area contributed by atoms with Crippen LogP contribution in [0.4, 0.5) is 0 Å². The molecule has 1 heterocycles. The van der Waals surface area contributed by atoms with E-state index in [9.17, 15) is 14.7 Å². The zero-order valence-electron chi connectivity index (χ0n) is 12.7. The van der Waals surface area contributed by atoms with Crippen molar-refractivity contribution in [2.24, 2.45) is 5.92 Å². The fourth-order valence-electron chi connectivity index (χ4n) is 3.76. The van der Waals surface area contributed by atoms with Crippen molar-refractivity contribution in [3.63, 3.8) is 0 Å². The zero-order chi connectivity index (χ0) is 15.3. The first-order valence-corrected chi connectivity index (χ1v) is 7.52. The molecule has 4 heteroatoms. The first kappa shape index (κ1) is 14.1. The highest BCUT2D eigenvalue weighted by molar-refractivity contribution is 5.88. The maximum atomic E-state index is 12.3. The minimum atomic E-state index is -0.865. The molecule has 1 aliphatic heterocycles. The van der Waals surface area contributed by atoms with Gasteiger partial charge in [-0.1, -0.05) is 17.7 Å². The molecule has 1 aliphatic carbocycles. The largest absolute Gasteiger partial charge is 0.481 e. The number of rotatable bonds is 3. The number of carbonyl (C=O) groups is 2. The molecular formula is C17H21NO3. The van der Waals surface area contributed by atoms with E-state index in [1.165, 1.54) is 5.56 Å². The monoisotopic (exact) mass is 287 g/mol. The van der Waals surface area contributed by atoms with Crippen LogP contribution < -0.4 is 0 Å². The lowest BCUT2D eigenvalue weighted by molar-refractivity contribution is -0.142. The van der Waals surface area contributed by atoms with E-state index in [0.29, 0.717) is 0 Å². The van der Waals surface area contributed by atoms with Gasteiger partial charge in [0.1, 0.15) is 0 Å². The molecule has 1 saturated carbocycles. The van der Waals surface area contributed by atoms with Gasteiger partial charge >= 0.3 is 5.97 Å². The fourth-order valence-corrected chi connectivity index (χ4v) is 3.76. The molecule has 0 radical (unpaired) electrons. The quantitative estimate of drug-likeness (QED) is 0.930. The van der Waals surface area contributed by atoms with Crippen LogP contribution in [0.15, 0.2) is 12.1 Å². The van der Waals surface area contributed by atoms with Crippen LogP contribution in [-0.4, -0.2) is 27.9 Å². The summed E-state index contributed by atoms with van der Waals surface area (Å²) in [5.74, 6) is -1.50. The molecular weight excluding hydrogens is 266 g/mol. The fraction of sp³-hybridized carbons (Fsp3) is 0.529. The lowest BCUT2D eigenvalue weighted by Gasteiger charge is -2.30. The van der Waals surface area contributed by atoms with Crippen molar-refractivity contribution in [2.45, 2.75) is 52.1 Å². The van der Waals surface area contributed by atoms with Crippen molar-refractivity contribution in [3.8, 4) is 0 Å². The number of hydrogen-bond donors (Lipinski definition) is 1. The second kappa shape index (κ2) is 4.86. The van der Waals surface area contributed by atoms with Gasteiger partial charge in [-0.05, 0) is 50.3 Å². The third-order valence-electron chi connectivity index (χ3n) is 4.65. The number of carbonyl (C=O) groups excluding carboxylic acids is 1. The van der Waals surface area contributed by atoms with Crippen LogP contribution >= 0.6 is 0 Å². The molecule has 1 N–H and O–H groups in total. The summed E-state index contributed by atoms with van der Waals surface area (Å²) < 4.78 is 0. The smallest absolute Gasteiger partial charge is 0.309 e. The second-order valence-electron chi connectivity index (χ2n) is 6.44. The average molecular weight is 287 g/mol. The molecule has 1 amide bonds. The van der Waals surface area contributed by atoms with Crippen LogP contribution in [0.3, 0.4) is 0 Å². The maximum Gasteiger partial charge on any atom is 0.309 e. The Balaban J connectivity index is 2.11. The lowest BCUT2D eigenvalue weighted by atomic mass is 9.87. The lowest BCUT2D eigenvalue weighted by Crippen LogP contribution is -2.33. The van der Waals surface area contributed by atoms with E-state index in [-0.39, 0.29) is 24.4 Å². The molecule has 2 atom stereocenters. The highest BCUT2D eigenvalue weighted by atomic mass is 16.4. The third kappa shape index (κ3) is 2.33. The molecule has 2 aliphatic rings. The summed E-state index contributed by atoms with van der Waals surface area (Å²) in [4.78, 5) is 25.8. The van der Waals surface area contributed by atoms with Gasteiger partial charge in [-0.15, -0.1) is 0 Å². The molecule has 0 aromatic heterocycles. The molecule has 1 saturated heterocycles. The van der Waals surface area contributed by atoms with Crippen molar-refractivity contribution in [1.29, 1.82) is 0 Å². The molecule has 0 spiro atoms.